The molecule has 3 aromatic rings. The summed E-state index contributed by atoms with van der Waals surface area (Å²) in [5.74, 6) is 1.05. The van der Waals surface area contributed by atoms with Crippen molar-refractivity contribution >= 4 is 28.9 Å². The number of hydrogen-bond acceptors (Lipinski definition) is 6. The van der Waals surface area contributed by atoms with Crippen molar-refractivity contribution in [3.05, 3.63) is 91.2 Å². The van der Waals surface area contributed by atoms with Gasteiger partial charge >= 0.3 is 0 Å². The molecule has 0 fully saturated rings. The number of nitrogens with zero attached hydrogens (tertiary/aromatic N) is 1. The number of aryl methyl sites for hydroxylation is 2. The second kappa shape index (κ2) is 9.37. The zero-order valence-electron chi connectivity index (χ0n) is 16.9. The van der Waals surface area contributed by atoms with Crippen LogP contribution in [0.5, 0.6) is 11.5 Å². The number of nitro groups is 1. The Morgan fingerprint density at radius 1 is 1.10 bits per heavy atom. The molecule has 0 amide bonds. The van der Waals surface area contributed by atoms with Crippen molar-refractivity contribution in [3.63, 3.8) is 0 Å². The zero-order chi connectivity index (χ0) is 21.7. The number of ether oxygens (including phenoxy) is 2. The SMILES string of the molecule is COc1cc(/C=C/C(=O)c2cc(C)sc2C)ccc1OCc1ccc([N+](=O)[O-])cc1. The number of carbonyl (C=O) groups is 1. The van der Waals surface area contributed by atoms with Crippen LogP contribution < -0.4 is 9.47 Å². The number of thiophene rings is 1. The summed E-state index contributed by atoms with van der Waals surface area (Å²) in [6, 6.07) is 13.5. The Morgan fingerprint density at radius 2 is 1.83 bits per heavy atom. The van der Waals surface area contributed by atoms with E-state index in [4.69, 9.17) is 9.47 Å². The maximum atomic E-state index is 12.4. The Kier molecular flexibility index (Phi) is 6.64. The molecule has 0 spiro atoms. The summed E-state index contributed by atoms with van der Waals surface area (Å²) in [6.07, 6.45) is 3.30. The van der Waals surface area contributed by atoms with E-state index < -0.39 is 4.92 Å². The van der Waals surface area contributed by atoms with Gasteiger partial charge in [-0.2, -0.15) is 0 Å². The summed E-state index contributed by atoms with van der Waals surface area (Å²) in [5.41, 5.74) is 2.38. The van der Waals surface area contributed by atoms with E-state index in [0.29, 0.717) is 11.5 Å². The van der Waals surface area contributed by atoms with Crippen LogP contribution in [0.15, 0.2) is 54.6 Å². The molecule has 0 aliphatic heterocycles. The maximum Gasteiger partial charge on any atom is 0.269 e. The summed E-state index contributed by atoms with van der Waals surface area (Å²) < 4.78 is 11.2. The Morgan fingerprint density at radius 3 is 2.43 bits per heavy atom. The number of allylic oxidation sites excluding steroid dienone is 1. The normalized spacial score (nSPS) is 10.9. The molecule has 6 nitrogen and oxygen atoms in total. The van der Waals surface area contributed by atoms with Gasteiger partial charge in [0, 0.05) is 27.5 Å². The molecule has 0 aliphatic rings. The molecular formula is C23H21NO5S. The van der Waals surface area contributed by atoms with Crippen LogP contribution in [0.2, 0.25) is 0 Å². The lowest BCUT2D eigenvalue weighted by atomic mass is 10.1. The molecule has 1 heterocycles. The van der Waals surface area contributed by atoms with Crippen LogP contribution in [0.3, 0.4) is 0 Å². The third-order valence-electron chi connectivity index (χ3n) is 4.46. The molecule has 0 saturated carbocycles. The van der Waals surface area contributed by atoms with Gasteiger partial charge in [0.2, 0.25) is 0 Å². The van der Waals surface area contributed by atoms with E-state index in [2.05, 4.69) is 0 Å². The van der Waals surface area contributed by atoms with Crippen LogP contribution in [0.25, 0.3) is 6.08 Å². The number of non-ortho nitro benzene ring substituents is 1. The minimum atomic E-state index is -0.439. The third-order valence-corrected chi connectivity index (χ3v) is 5.43. The second-order valence-electron chi connectivity index (χ2n) is 6.65. The van der Waals surface area contributed by atoms with Crippen molar-refractivity contribution in [1.82, 2.24) is 0 Å². The van der Waals surface area contributed by atoms with Gasteiger partial charge in [-0.1, -0.05) is 12.1 Å². The first-order valence-electron chi connectivity index (χ1n) is 9.21. The van der Waals surface area contributed by atoms with Crippen molar-refractivity contribution in [2.24, 2.45) is 0 Å². The number of hydrogen-bond donors (Lipinski definition) is 0. The first-order chi connectivity index (χ1) is 14.4. The van der Waals surface area contributed by atoms with Gasteiger partial charge in [0.1, 0.15) is 6.61 Å². The number of carbonyl (C=O) groups excluding carboxylic acids is 1. The van der Waals surface area contributed by atoms with Crippen LogP contribution in [0.1, 0.15) is 31.2 Å². The molecule has 2 aromatic carbocycles. The summed E-state index contributed by atoms with van der Waals surface area (Å²) in [4.78, 5) is 24.8. The standard InChI is InChI=1S/C23H21NO5S/c1-15-12-20(16(2)30-15)21(25)10-6-17-7-11-22(23(13-17)28-3)29-14-18-4-8-19(9-5-18)24(26)27/h4-13H,14H2,1-3H3/b10-6+. The van der Waals surface area contributed by atoms with Crippen molar-refractivity contribution in [3.8, 4) is 11.5 Å². The molecule has 0 unspecified atom stereocenters. The van der Waals surface area contributed by atoms with E-state index in [9.17, 15) is 14.9 Å². The minimum absolute atomic E-state index is 0.0330. The van der Waals surface area contributed by atoms with Crippen LogP contribution in [-0.2, 0) is 6.61 Å². The van der Waals surface area contributed by atoms with E-state index in [1.54, 1.807) is 54.9 Å². The first-order valence-corrected chi connectivity index (χ1v) is 10.0. The molecule has 154 valence electrons. The molecule has 7 heteroatoms. The molecule has 30 heavy (non-hydrogen) atoms. The summed E-state index contributed by atoms with van der Waals surface area (Å²) in [6.45, 7) is 4.18. The van der Waals surface area contributed by atoms with Gasteiger partial charge in [0.25, 0.3) is 5.69 Å². The highest BCUT2D eigenvalue weighted by Crippen LogP contribution is 2.30. The smallest absolute Gasteiger partial charge is 0.269 e. The summed E-state index contributed by atoms with van der Waals surface area (Å²) in [7, 11) is 1.55. The van der Waals surface area contributed by atoms with Gasteiger partial charge in [-0.15, -0.1) is 11.3 Å². The van der Waals surface area contributed by atoms with Crippen molar-refractivity contribution < 1.29 is 19.2 Å². The molecule has 0 atom stereocenters. The Labute approximate surface area is 178 Å². The Bertz CT molecular complexity index is 1100. The second-order valence-corrected chi connectivity index (χ2v) is 8.11. The van der Waals surface area contributed by atoms with Crippen molar-refractivity contribution in [1.29, 1.82) is 0 Å². The number of benzene rings is 2. The fourth-order valence-electron chi connectivity index (χ4n) is 2.92. The highest BCUT2D eigenvalue weighted by Gasteiger charge is 2.10. The molecule has 0 radical (unpaired) electrons. The van der Waals surface area contributed by atoms with Crippen LogP contribution >= 0.6 is 11.3 Å². The van der Waals surface area contributed by atoms with Crippen LogP contribution in [0.4, 0.5) is 5.69 Å². The van der Waals surface area contributed by atoms with Gasteiger partial charge in [-0.05, 0) is 61.4 Å². The maximum absolute atomic E-state index is 12.4. The monoisotopic (exact) mass is 423 g/mol. The number of nitro benzene ring substituents is 1. The molecule has 0 bridgehead atoms. The van der Waals surface area contributed by atoms with E-state index in [1.165, 1.54) is 12.1 Å². The lowest BCUT2D eigenvalue weighted by Crippen LogP contribution is -1.98. The lowest BCUT2D eigenvalue weighted by Gasteiger charge is -2.11. The number of rotatable bonds is 8. The van der Waals surface area contributed by atoms with Gasteiger partial charge in [-0.25, -0.2) is 0 Å². The lowest BCUT2D eigenvalue weighted by molar-refractivity contribution is -0.384. The molecule has 3 rings (SSSR count). The van der Waals surface area contributed by atoms with E-state index in [0.717, 1.165) is 26.4 Å². The number of ketones is 1. The third kappa shape index (κ3) is 5.12. The van der Waals surface area contributed by atoms with Crippen LogP contribution in [-0.4, -0.2) is 17.8 Å². The predicted octanol–water partition coefficient (Wildman–Crippen LogP) is 5.76. The molecule has 0 aliphatic carbocycles. The van der Waals surface area contributed by atoms with Crippen molar-refractivity contribution in [2.45, 2.75) is 20.5 Å². The van der Waals surface area contributed by atoms with E-state index in [1.807, 2.05) is 26.0 Å². The topological polar surface area (TPSA) is 78.7 Å². The van der Waals surface area contributed by atoms with E-state index >= 15 is 0 Å². The molecule has 0 N–H and O–H groups in total. The Balaban J connectivity index is 1.69. The summed E-state index contributed by atoms with van der Waals surface area (Å²) >= 11 is 1.61. The van der Waals surface area contributed by atoms with Crippen molar-refractivity contribution in [2.75, 3.05) is 7.11 Å². The first kappa shape index (κ1) is 21.3. The quantitative estimate of drug-likeness (QED) is 0.199. The minimum Gasteiger partial charge on any atom is -0.493 e. The van der Waals surface area contributed by atoms with Gasteiger partial charge in [0.15, 0.2) is 17.3 Å². The highest BCUT2D eigenvalue weighted by atomic mass is 32.1. The van der Waals surface area contributed by atoms with Gasteiger partial charge in [0.05, 0.1) is 12.0 Å². The van der Waals surface area contributed by atoms with Gasteiger partial charge in [-0.3, -0.25) is 14.9 Å². The average molecular weight is 423 g/mol. The fraction of sp³-hybridized carbons (Fsp3) is 0.174. The molecular weight excluding hydrogens is 402 g/mol. The number of methoxy groups -OCH3 is 1. The summed E-state index contributed by atoms with van der Waals surface area (Å²) in [5, 5.41) is 10.7. The van der Waals surface area contributed by atoms with Crippen LogP contribution in [0, 0.1) is 24.0 Å². The average Bonchev–Trinajstić information content (AvgIpc) is 3.09. The zero-order valence-corrected chi connectivity index (χ0v) is 17.7. The Hall–Kier alpha value is -3.45. The largest absolute Gasteiger partial charge is 0.493 e. The van der Waals surface area contributed by atoms with E-state index in [-0.39, 0.29) is 18.1 Å². The fourth-order valence-corrected chi connectivity index (χ4v) is 3.85. The molecule has 1 aromatic heterocycles. The molecule has 0 saturated heterocycles. The highest BCUT2D eigenvalue weighted by molar-refractivity contribution is 7.12. The van der Waals surface area contributed by atoms with Gasteiger partial charge < -0.3 is 9.47 Å². The predicted molar refractivity (Wildman–Crippen MR) is 118 cm³/mol.